The van der Waals surface area contributed by atoms with Gasteiger partial charge < -0.3 is 5.73 Å². The van der Waals surface area contributed by atoms with Crippen molar-refractivity contribution < 1.29 is 0 Å². The molecule has 0 aliphatic heterocycles. The predicted molar refractivity (Wildman–Crippen MR) is 67.2 cm³/mol. The molecule has 3 atom stereocenters. The number of hydrogen-bond acceptors (Lipinski definition) is 4. The zero-order valence-corrected chi connectivity index (χ0v) is 10.5. The maximum absolute atomic E-state index is 5.84. The van der Waals surface area contributed by atoms with Gasteiger partial charge in [-0.25, -0.2) is 9.97 Å². The number of rotatable bonds is 3. The summed E-state index contributed by atoms with van der Waals surface area (Å²) in [6, 6.07) is 1.86. The molecular weight excluding hydrogens is 218 g/mol. The second kappa shape index (κ2) is 5.64. The molecule has 0 spiro atoms. The number of hydrogen-bond donors (Lipinski definition) is 1. The summed E-state index contributed by atoms with van der Waals surface area (Å²) in [5.41, 5.74) is 5.84. The summed E-state index contributed by atoms with van der Waals surface area (Å²) in [5.74, 6) is 1.44. The largest absolute Gasteiger partial charge is 0.330 e. The minimum absolute atomic E-state index is 0.594. The SMILES string of the molecule is CC1CCC(CN)C(Sc2ncccn2)C1. The van der Waals surface area contributed by atoms with E-state index in [4.69, 9.17) is 5.73 Å². The van der Waals surface area contributed by atoms with E-state index in [2.05, 4.69) is 16.9 Å². The van der Waals surface area contributed by atoms with Gasteiger partial charge in [0.25, 0.3) is 0 Å². The van der Waals surface area contributed by atoms with Gasteiger partial charge in [0.15, 0.2) is 5.16 Å². The lowest BCUT2D eigenvalue weighted by Crippen LogP contribution is -2.31. The zero-order valence-electron chi connectivity index (χ0n) is 9.67. The zero-order chi connectivity index (χ0) is 11.4. The summed E-state index contributed by atoms with van der Waals surface area (Å²) in [7, 11) is 0. The molecule has 16 heavy (non-hydrogen) atoms. The summed E-state index contributed by atoms with van der Waals surface area (Å²) in [6.07, 6.45) is 7.42. The molecule has 1 aromatic rings. The highest BCUT2D eigenvalue weighted by Crippen LogP contribution is 2.38. The van der Waals surface area contributed by atoms with Crippen molar-refractivity contribution in [3.8, 4) is 0 Å². The molecule has 1 fully saturated rings. The highest BCUT2D eigenvalue weighted by molar-refractivity contribution is 7.99. The third-order valence-electron chi connectivity index (χ3n) is 3.29. The highest BCUT2D eigenvalue weighted by atomic mass is 32.2. The minimum atomic E-state index is 0.594. The summed E-state index contributed by atoms with van der Waals surface area (Å²) < 4.78 is 0. The van der Waals surface area contributed by atoms with Gasteiger partial charge in [0.2, 0.25) is 0 Å². The first-order chi connectivity index (χ1) is 7.79. The van der Waals surface area contributed by atoms with Crippen LogP contribution >= 0.6 is 11.8 Å². The molecule has 0 amide bonds. The Hall–Kier alpha value is -0.610. The third kappa shape index (κ3) is 2.95. The molecule has 1 aromatic heterocycles. The molecule has 0 saturated heterocycles. The van der Waals surface area contributed by atoms with Gasteiger partial charge in [0.05, 0.1) is 0 Å². The predicted octanol–water partition coefficient (Wildman–Crippen LogP) is 2.33. The van der Waals surface area contributed by atoms with Gasteiger partial charge in [0, 0.05) is 17.6 Å². The van der Waals surface area contributed by atoms with Crippen molar-refractivity contribution in [3.05, 3.63) is 18.5 Å². The smallest absolute Gasteiger partial charge is 0.187 e. The number of thioether (sulfide) groups is 1. The first-order valence-electron chi connectivity index (χ1n) is 5.93. The highest BCUT2D eigenvalue weighted by Gasteiger charge is 2.28. The molecule has 4 heteroatoms. The second-order valence-electron chi connectivity index (χ2n) is 4.60. The Morgan fingerprint density at radius 1 is 1.38 bits per heavy atom. The maximum Gasteiger partial charge on any atom is 0.187 e. The van der Waals surface area contributed by atoms with E-state index in [0.29, 0.717) is 11.2 Å². The molecule has 0 bridgehead atoms. The van der Waals surface area contributed by atoms with Crippen LogP contribution in [0, 0.1) is 11.8 Å². The van der Waals surface area contributed by atoms with Gasteiger partial charge in [-0.1, -0.05) is 25.1 Å². The summed E-state index contributed by atoms with van der Waals surface area (Å²) >= 11 is 1.80. The fraction of sp³-hybridized carbons (Fsp3) is 0.667. The van der Waals surface area contributed by atoms with Gasteiger partial charge in [0.1, 0.15) is 0 Å². The van der Waals surface area contributed by atoms with Crippen molar-refractivity contribution in [2.24, 2.45) is 17.6 Å². The fourth-order valence-electron chi connectivity index (χ4n) is 2.29. The van der Waals surface area contributed by atoms with Crippen LogP contribution in [0.25, 0.3) is 0 Å². The van der Waals surface area contributed by atoms with Crippen LogP contribution in [0.4, 0.5) is 0 Å². The second-order valence-corrected chi connectivity index (χ2v) is 5.81. The number of aromatic nitrogens is 2. The fourth-order valence-corrected chi connectivity index (χ4v) is 3.67. The molecule has 0 aromatic carbocycles. The summed E-state index contributed by atoms with van der Waals surface area (Å²) in [6.45, 7) is 3.11. The molecule has 0 radical (unpaired) electrons. The van der Waals surface area contributed by atoms with E-state index < -0.39 is 0 Å². The van der Waals surface area contributed by atoms with Crippen LogP contribution in [-0.2, 0) is 0 Å². The molecule has 1 aliphatic carbocycles. The summed E-state index contributed by atoms with van der Waals surface area (Å²) in [4.78, 5) is 8.56. The molecular formula is C12H19N3S. The van der Waals surface area contributed by atoms with Crippen molar-refractivity contribution in [1.29, 1.82) is 0 Å². The lowest BCUT2D eigenvalue weighted by molar-refractivity contribution is 0.306. The van der Waals surface area contributed by atoms with Crippen LogP contribution in [-0.4, -0.2) is 21.8 Å². The van der Waals surface area contributed by atoms with Crippen LogP contribution < -0.4 is 5.73 Å². The molecule has 1 aliphatic rings. The maximum atomic E-state index is 5.84. The van der Waals surface area contributed by atoms with Crippen molar-refractivity contribution in [3.63, 3.8) is 0 Å². The van der Waals surface area contributed by atoms with Crippen LogP contribution in [0.3, 0.4) is 0 Å². The topological polar surface area (TPSA) is 51.8 Å². The van der Waals surface area contributed by atoms with Gasteiger partial charge in [-0.15, -0.1) is 0 Å². The Morgan fingerprint density at radius 2 is 2.12 bits per heavy atom. The molecule has 2 N–H and O–H groups in total. The number of nitrogens with two attached hydrogens (primary N) is 1. The Bertz CT molecular complexity index is 317. The molecule has 2 rings (SSSR count). The van der Waals surface area contributed by atoms with Gasteiger partial charge in [-0.3, -0.25) is 0 Å². The van der Waals surface area contributed by atoms with Gasteiger partial charge in [-0.05, 0) is 37.3 Å². The lowest BCUT2D eigenvalue weighted by Gasteiger charge is -2.33. The van der Waals surface area contributed by atoms with Crippen molar-refractivity contribution >= 4 is 11.8 Å². The monoisotopic (exact) mass is 237 g/mol. The van der Waals surface area contributed by atoms with Crippen LogP contribution in [0.5, 0.6) is 0 Å². The molecule has 1 saturated carbocycles. The summed E-state index contributed by atoms with van der Waals surface area (Å²) in [5, 5.41) is 1.48. The van der Waals surface area contributed by atoms with E-state index in [9.17, 15) is 0 Å². The molecule has 3 nitrogen and oxygen atoms in total. The number of nitrogens with zero attached hydrogens (tertiary/aromatic N) is 2. The molecule has 1 heterocycles. The average molecular weight is 237 g/mol. The van der Waals surface area contributed by atoms with E-state index >= 15 is 0 Å². The van der Waals surface area contributed by atoms with E-state index in [1.165, 1.54) is 19.3 Å². The van der Waals surface area contributed by atoms with Gasteiger partial charge in [-0.2, -0.15) is 0 Å². The molecule has 88 valence electrons. The van der Waals surface area contributed by atoms with Crippen LogP contribution in [0.1, 0.15) is 26.2 Å². The van der Waals surface area contributed by atoms with E-state index in [1.807, 2.05) is 6.07 Å². The van der Waals surface area contributed by atoms with Crippen LogP contribution in [0.2, 0.25) is 0 Å². The van der Waals surface area contributed by atoms with E-state index in [0.717, 1.165) is 17.6 Å². The average Bonchev–Trinajstić information content (AvgIpc) is 2.31. The van der Waals surface area contributed by atoms with E-state index in [1.54, 1.807) is 24.2 Å². The minimum Gasteiger partial charge on any atom is -0.330 e. The lowest BCUT2D eigenvalue weighted by atomic mass is 9.82. The van der Waals surface area contributed by atoms with Gasteiger partial charge >= 0.3 is 0 Å². The Morgan fingerprint density at radius 3 is 2.81 bits per heavy atom. The third-order valence-corrected chi connectivity index (χ3v) is 4.59. The van der Waals surface area contributed by atoms with E-state index in [-0.39, 0.29) is 0 Å². The first-order valence-corrected chi connectivity index (χ1v) is 6.81. The standard InChI is InChI=1S/C12H19N3S/c1-9-3-4-10(8-13)11(7-9)16-12-14-5-2-6-15-12/h2,5-6,9-11H,3-4,7-8,13H2,1H3. The van der Waals surface area contributed by atoms with Crippen molar-refractivity contribution in [2.45, 2.75) is 36.6 Å². The molecule has 3 unspecified atom stereocenters. The normalized spacial score (nSPS) is 30.2. The quantitative estimate of drug-likeness (QED) is 0.820. The van der Waals surface area contributed by atoms with Crippen molar-refractivity contribution in [1.82, 2.24) is 9.97 Å². The Labute approximate surface area is 101 Å². The first kappa shape index (κ1) is 11.9. The van der Waals surface area contributed by atoms with Crippen LogP contribution in [0.15, 0.2) is 23.6 Å². The Kier molecular flexibility index (Phi) is 4.18. The Balaban J connectivity index is 2.01. The van der Waals surface area contributed by atoms with Crippen molar-refractivity contribution in [2.75, 3.05) is 6.54 Å².